The Morgan fingerprint density at radius 1 is 1.54 bits per heavy atom. The Kier molecular flexibility index (Phi) is 3.70. The molecule has 0 radical (unpaired) electrons. The summed E-state index contributed by atoms with van der Waals surface area (Å²) in [7, 11) is 0. The number of carbonyl (C=O) groups is 1. The minimum atomic E-state index is -0.238. The summed E-state index contributed by atoms with van der Waals surface area (Å²) in [6.45, 7) is 4.05. The molecule has 1 aromatic heterocycles. The fourth-order valence-corrected chi connectivity index (χ4v) is 1.07. The second kappa shape index (κ2) is 5.09. The molecule has 3 nitrogen and oxygen atoms in total. The Hall–Kier alpha value is -1.64. The monoisotopic (exact) mass is 177 g/mol. The van der Waals surface area contributed by atoms with Gasteiger partial charge in [-0.1, -0.05) is 6.08 Å². The quantitative estimate of drug-likeness (QED) is 0.509. The van der Waals surface area contributed by atoms with Crippen LogP contribution >= 0.6 is 0 Å². The fraction of sp³-hybridized carbons (Fsp3) is 0.200. The zero-order valence-electron chi connectivity index (χ0n) is 7.22. The summed E-state index contributed by atoms with van der Waals surface area (Å²) >= 11 is 0. The van der Waals surface area contributed by atoms with Crippen LogP contribution in [0.1, 0.15) is 18.1 Å². The first-order valence-corrected chi connectivity index (χ1v) is 3.98. The highest BCUT2D eigenvalue weighted by atomic mass is 16.5. The van der Waals surface area contributed by atoms with Gasteiger partial charge in [0.05, 0.1) is 0 Å². The third-order valence-electron chi connectivity index (χ3n) is 1.68. The highest BCUT2D eigenvalue weighted by Gasteiger charge is 2.08. The maximum atomic E-state index is 10.2. The van der Waals surface area contributed by atoms with Crippen molar-refractivity contribution in [2.24, 2.45) is 0 Å². The van der Waals surface area contributed by atoms with Crippen molar-refractivity contribution in [3.63, 3.8) is 0 Å². The van der Waals surface area contributed by atoms with Gasteiger partial charge in [0.1, 0.15) is 6.10 Å². The average Bonchev–Trinajstić information content (AvgIpc) is 2.19. The number of aromatic nitrogens is 1. The first-order chi connectivity index (χ1) is 6.38. The molecule has 0 saturated heterocycles. The van der Waals surface area contributed by atoms with Crippen LogP contribution < -0.4 is 0 Å². The molecular weight excluding hydrogens is 166 g/mol. The van der Waals surface area contributed by atoms with E-state index in [2.05, 4.69) is 11.6 Å². The first kappa shape index (κ1) is 9.45. The van der Waals surface area contributed by atoms with Crippen LogP contribution in [0, 0.1) is 0 Å². The number of carbonyl (C=O) groups excluding carboxylic acids is 1. The van der Waals surface area contributed by atoms with Crippen LogP contribution in [0.15, 0.2) is 37.2 Å². The Morgan fingerprint density at radius 2 is 2.23 bits per heavy atom. The molecule has 0 fully saturated rings. The van der Waals surface area contributed by atoms with Crippen LogP contribution in [0.4, 0.5) is 0 Å². The molecule has 1 unspecified atom stereocenters. The number of hydrogen-bond donors (Lipinski definition) is 0. The van der Waals surface area contributed by atoms with Crippen molar-refractivity contribution in [1.29, 1.82) is 0 Å². The summed E-state index contributed by atoms with van der Waals surface area (Å²) in [5, 5.41) is 0. The van der Waals surface area contributed by atoms with Gasteiger partial charge in [0, 0.05) is 18.8 Å². The second-order valence-corrected chi connectivity index (χ2v) is 2.53. The van der Waals surface area contributed by atoms with E-state index >= 15 is 0 Å². The summed E-state index contributed by atoms with van der Waals surface area (Å²) in [4.78, 5) is 14.1. The number of rotatable bonds is 5. The van der Waals surface area contributed by atoms with Gasteiger partial charge in [-0.25, -0.2) is 0 Å². The third kappa shape index (κ3) is 2.71. The average molecular weight is 177 g/mol. The minimum absolute atomic E-state index is 0.238. The van der Waals surface area contributed by atoms with E-state index in [1.165, 1.54) is 0 Å². The van der Waals surface area contributed by atoms with E-state index in [0.29, 0.717) is 12.9 Å². The number of nitrogens with zero attached hydrogens (tertiary/aromatic N) is 1. The fourth-order valence-electron chi connectivity index (χ4n) is 1.07. The Morgan fingerprint density at radius 3 is 2.77 bits per heavy atom. The SMILES string of the molecule is C=CCC(OC=O)c1ccncc1. The molecular formula is C10H11NO2. The van der Waals surface area contributed by atoms with Gasteiger partial charge >= 0.3 is 0 Å². The third-order valence-corrected chi connectivity index (χ3v) is 1.68. The molecule has 0 spiro atoms. The van der Waals surface area contributed by atoms with Crippen molar-refractivity contribution in [3.8, 4) is 0 Å². The van der Waals surface area contributed by atoms with Gasteiger partial charge in [-0.05, 0) is 17.7 Å². The molecule has 0 bridgehead atoms. The first-order valence-electron chi connectivity index (χ1n) is 3.98. The van der Waals surface area contributed by atoms with Crippen molar-refractivity contribution in [1.82, 2.24) is 4.98 Å². The van der Waals surface area contributed by atoms with E-state index in [1.807, 2.05) is 12.1 Å². The topological polar surface area (TPSA) is 39.2 Å². The Bertz CT molecular complexity index is 262. The molecule has 0 amide bonds. The van der Waals surface area contributed by atoms with E-state index < -0.39 is 0 Å². The van der Waals surface area contributed by atoms with Crippen LogP contribution in [0.5, 0.6) is 0 Å². The summed E-state index contributed by atoms with van der Waals surface area (Å²) in [6, 6.07) is 3.63. The maximum Gasteiger partial charge on any atom is 0.293 e. The van der Waals surface area contributed by atoms with Gasteiger partial charge in [-0.2, -0.15) is 0 Å². The van der Waals surface area contributed by atoms with Crippen LogP contribution in [0.2, 0.25) is 0 Å². The van der Waals surface area contributed by atoms with Crippen molar-refractivity contribution < 1.29 is 9.53 Å². The highest BCUT2D eigenvalue weighted by Crippen LogP contribution is 2.19. The predicted octanol–water partition coefficient (Wildman–Crippen LogP) is 1.87. The number of pyridine rings is 1. The molecule has 0 aromatic carbocycles. The molecule has 0 aliphatic heterocycles. The minimum Gasteiger partial charge on any atom is -0.459 e. The van der Waals surface area contributed by atoms with Gasteiger partial charge < -0.3 is 4.74 Å². The summed E-state index contributed by atoms with van der Waals surface area (Å²) in [5.41, 5.74) is 0.932. The molecule has 0 N–H and O–H groups in total. The molecule has 68 valence electrons. The molecule has 0 aliphatic carbocycles. The van der Waals surface area contributed by atoms with E-state index in [-0.39, 0.29) is 6.10 Å². The molecule has 3 heteroatoms. The van der Waals surface area contributed by atoms with E-state index in [9.17, 15) is 4.79 Å². The molecule has 1 rings (SSSR count). The van der Waals surface area contributed by atoms with E-state index in [0.717, 1.165) is 5.56 Å². The maximum absolute atomic E-state index is 10.2. The molecule has 13 heavy (non-hydrogen) atoms. The molecule has 1 atom stereocenters. The smallest absolute Gasteiger partial charge is 0.293 e. The lowest BCUT2D eigenvalue weighted by Crippen LogP contribution is -2.01. The lowest BCUT2D eigenvalue weighted by atomic mass is 10.1. The van der Waals surface area contributed by atoms with Gasteiger partial charge in [0.2, 0.25) is 0 Å². The van der Waals surface area contributed by atoms with Crippen LogP contribution in [0.3, 0.4) is 0 Å². The molecule has 1 aromatic rings. The van der Waals surface area contributed by atoms with Gasteiger partial charge in [-0.15, -0.1) is 6.58 Å². The second-order valence-electron chi connectivity index (χ2n) is 2.53. The van der Waals surface area contributed by atoms with Crippen LogP contribution in [-0.2, 0) is 9.53 Å². The van der Waals surface area contributed by atoms with Crippen molar-refractivity contribution in [3.05, 3.63) is 42.7 Å². The van der Waals surface area contributed by atoms with Gasteiger partial charge in [-0.3, -0.25) is 9.78 Å². The zero-order valence-corrected chi connectivity index (χ0v) is 7.22. The number of hydrogen-bond acceptors (Lipinski definition) is 3. The largest absolute Gasteiger partial charge is 0.459 e. The Balaban J connectivity index is 2.75. The molecule has 0 saturated carbocycles. The standard InChI is InChI=1S/C10H11NO2/c1-2-3-10(13-8-12)9-4-6-11-7-5-9/h2,4-8,10H,1,3H2. The van der Waals surface area contributed by atoms with Crippen molar-refractivity contribution >= 4 is 6.47 Å². The normalized spacial score (nSPS) is 11.7. The van der Waals surface area contributed by atoms with Crippen LogP contribution in [0.25, 0.3) is 0 Å². The summed E-state index contributed by atoms with van der Waals surface area (Å²) in [5.74, 6) is 0. The number of ether oxygens (including phenoxy) is 1. The summed E-state index contributed by atoms with van der Waals surface area (Å²) < 4.78 is 4.89. The zero-order chi connectivity index (χ0) is 9.52. The lowest BCUT2D eigenvalue weighted by molar-refractivity contribution is -0.133. The lowest BCUT2D eigenvalue weighted by Gasteiger charge is -2.12. The van der Waals surface area contributed by atoms with Crippen molar-refractivity contribution in [2.45, 2.75) is 12.5 Å². The van der Waals surface area contributed by atoms with Gasteiger partial charge in [0.15, 0.2) is 0 Å². The van der Waals surface area contributed by atoms with E-state index in [1.54, 1.807) is 18.5 Å². The Labute approximate surface area is 77.1 Å². The van der Waals surface area contributed by atoms with E-state index in [4.69, 9.17) is 4.74 Å². The molecule has 1 heterocycles. The highest BCUT2D eigenvalue weighted by molar-refractivity contribution is 5.38. The van der Waals surface area contributed by atoms with Gasteiger partial charge in [0.25, 0.3) is 6.47 Å². The van der Waals surface area contributed by atoms with Crippen molar-refractivity contribution in [2.75, 3.05) is 0 Å². The van der Waals surface area contributed by atoms with Crippen LogP contribution in [-0.4, -0.2) is 11.5 Å². The summed E-state index contributed by atoms with van der Waals surface area (Å²) in [6.07, 6.45) is 5.43. The predicted molar refractivity (Wildman–Crippen MR) is 48.9 cm³/mol. The molecule has 0 aliphatic rings.